The summed E-state index contributed by atoms with van der Waals surface area (Å²) in [5.41, 5.74) is 1.73. The van der Waals surface area contributed by atoms with Crippen LogP contribution in [-0.2, 0) is 9.59 Å². The second kappa shape index (κ2) is 8.37. The number of thiophene rings is 1. The highest BCUT2D eigenvalue weighted by molar-refractivity contribution is 7.12. The zero-order valence-electron chi connectivity index (χ0n) is 16.4. The third-order valence-electron chi connectivity index (χ3n) is 5.53. The number of nitrogens with one attached hydrogen (secondary N) is 2. The fraction of sp³-hybridized carbons (Fsp3) is 0.409. The molecule has 152 valence electrons. The first kappa shape index (κ1) is 19.6. The summed E-state index contributed by atoms with van der Waals surface area (Å²) in [6.07, 6.45) is 3.46. The van der Waals surface area contributed by atoms with Crippen LogP contribution in [0.4, 0.5) is 5.69 Å². The number of carbonyl (C=O) groups excluding carboxylic acids is 3. The minimum absolute atomic E-state index is 0.0685. The van der Waals surface area contributed by atoms with Gasteiger partial charge in [0.05, 0.1) is 10.9 Å². The molecule has 6 nitrogen and oxygen atoms in total. The van der Waals surface area contributed by atoms with Crippen LogP contribution in [0, 0.1) is 5.92 Å². The summed E-state index contributed by atoms with van der Waals surface area (Å²) in [6.45, 7) is 2.54. The molecule has 0 bridgehead atoms. The molecule has 4 rings (SSSR count). The number of anilines is 1. The molecule has 2 heterocycles. The number of hydrogen-bond acceptors (Lipinski definition) is 4. The van der Waals surface area contributed by atoms with Gasteiger partial charge in [-0.1, -0.05) is 18.2 Å². The maximum absolute atomic E-state index is 12.8. The molecule has 2 N–H and O–H groups in total. The van der Waals surface area contributed by atoms with Crippen LogP contribution in [-0.4, -0.2) is 35.2 Å². The standard InChI is InChI=1S/C22H25N3O3S/c1-14(15-8-10-17(11-9-15)24-20(26)16-6-7-16)23-21(27)18-4-2-12-25(18)22(28)19-5-3-13-29-19/h3,5,8-11,13-14,16,18H,2,4,6-7,12H2,1H3,(H,23,27)(H,24,26)/t14?,18-/m0/s1. The average Bonchev–Trinajstić information content (AvgIpc) is 3.22. The quantitative estimate of drug-likeness (QED) is 0.763. The summed E-state index contributed by atoms with van der Waals surface area (Å²) >= 11 is 1.40. The molecule has 1 aliphatic carbocycles. The van der Waals surface area contributed by atoms with Crippen LogP contribution in [0.5, 0.6) is 0 Å². The van der Waals surface area contributed by atoms with Crippen molar-refractivity contribution < 1.29 is 14.4 Å². The highest BCUT2D eigenvalue weighted by atomic mass is 32.1. The van der Waals surface area contributed by atoms with Gasteiger partial charge in [-0.25, -0.2) is 0 Å². The zero-order valence-corrected chi connectivity index (χ0v) is 17.2. The van der Waals surface area contributed by atoms with E-state index in [1.165, 1.54) is 11.3 Å². The van der Waals surface area contributed by atoms with Gasteiger partial charge in [0.25, 0.3) is 5.91 Å². The molecular formula is C22H25N3O3S. The van der Waals surface area contributed by atoms with Crippen molar-refractivity contribution in [1.82, 2.24) is 10.2 Å². The van der Waals surface area contributed by atoms with Crippen molar-refractivity contribution >= 4 is 34.7 Å². The van der Waals surface area contributed by atoms with Crippen molar-refractivity contribution in [3.05, 3.63) is 52.2 Å². The number of carbonyl (C=O) groups is 3. The van der Waals surface area contributed by atoms with Gasteiger partial charge in [-0.2, -0.15) is 0 Å². The number of rotatable bonds is 6. The Hall–Kier alpha value is -2.67. The van der Waals surface area contributed by atoms with Crippen molar-refractivity contribution in [3.8, 4) is 0 Å². The fourth-order valence-corrected chi connectivity index (χ4v) is 4.34. The lowest BCUT2D eigenvalue weighted by Crippen LogP contribution is -2.46. The summed E-state index contributed by atoms with van der Waals surface area (Å²) in [4.78, 5) is 39.7. The molecule has 7 heteroatoms. The Labute approximate surface area is 174 Å². The highest BCUT2D eigenvalue weighted by Gasteiger charge is 2.35. The Morgan fingerprint density at radius 3 is 2.48 bits per heavy atom. The van der Waals surface area contributed by atoms with E-state index in [1.807, 2.05) is 42.6 Å². The van der Waals surface area contributed by atoms with Crippen molar-refractivity contribution in [1.29, 1.82) is 0 Å². The average molecular weight is 412 g/mol. The van der Waals surface area contributed by atoms with Crippen LogP contribution in [0.15, 0.2) is 41.8 Å². The number of hydrogen-bond donors (Lipinski definition) is 2. The maximum atomic E-state index is 12.8. The molecule has 3 amide bonds. The van der Waals surface area contributed by atoms with Gasteiger partial charge in [0.15, 0.2) is 0 Å². The lowest BCUT2D eigenvalue weighted by molar-refractivity contribution is -0.125. The highest BCUT2D eigenvalue weighted by Crippen LogP contribution is 2.30. The molecule has 2 aliphatic rings. The molecule has 1 saturated carbocycles. The van der Waals surface area contributed by atoms with E-state index < -0.39 is 6.04 Å². The normalized spacial score (nSPS) is 19.6. The molecule has 2 atom stereocenters. The first-order valence-corrected chi connectivity index (χ1v) is 11.0. The summed E-state index contributed by atoms with van der Waals surface area (Å²) in [6, 6.07) is 10.6. The molecule has 2 aromatic rings. The van der Waals surface area contributed by atoms with Crippen LogP contribution in [0.3, 0.4) is 0 Å². The Kier molecular flexibility index (Phi) is 5.67. The lowest BCUT2D eigenvalue weighted by atomic mass is 10.1. The molecule has 1 aromatic heterocycles. The minimum atomic E-state index is -0.427. The van der Waals surface area contributed by atoms with Crippen LogP contribution >= 0.6 is 11.3 Å². The smallest absolute Gasteiger partial charge is 0.264 e. The van der Waals surface area contributed by atoms with Crippen LogP contribution in [0.1, 0.15) is 53.9 Å². The third-order valence-corrected chi connectivity index (χ3v) is 6.39. The molecule has 1 saturated heterocycles. The Bertz CT molecular complexity index is 891. The maximum Gasteiger partial charge on any atom is 0.264 e. The van der Waals surface area contributed by atoms with Crippen molar-refractivity contribution in [2.45, 2.75) is 44.7 Å². The Morgan fingerprint density at radius 2 is 1.83 bits per heavy atom. The monoisotopic (exact) mass is 411 g/mol. The van der Waals surface area contributed by atoms with Crippen LogP contribution in [0.25, 0.3) is 0 Å². The topological polar surface area (TPSA) is 78.5 Å². The third kappa shape index (κ3) is 4.50. The van der Waals surface area contributed by atoms with E-state index in [0.717, 1.165) is 30.5 Å². The molecule has 0 spiro atoms. The molecular weight excluding hydrogens is 386 g/mol. The minimum Gasteiger partial charge on any atom is -0.348 e. The summed E-state index contributed by atoms with van der Waals surface area (Å²) in [7, 11) is 0. The van der Waals surface area contributed by atoms with Crippen LogP contribution < -0.4 is 10.6 Å². The Morgan fingerprint density at radius 1 is 1.07 bits per heavy atom. The predicted molar refractivity (Wildman–Crippen MR) is 113 cm³/mol. The Balaban J connectivity index is 1.35. The number of likely N-dealkylation sites (tertiary alicyclic amines) is 1. The summed E-state index contributed by atoms with van der Waals surface area (Å²) in [5.74, 6) is 0.0575. The number of amides is 3. The second-order valence-corrected chi connectivity index (χ2v) is 8.70. The second-order valence-electron chi connectivity index (χ2n) is 7.75. The van der Waals surface area contributed by atoms with E-state index >= 15 is 0 Å². The predicted octanol–water partition coefficient (Wildman–Crippen LogP) is 3.58. The van der Waals surface area contributed by atoms with Gasteiger partial charge < -0.3 is 15.5 Å². The lowest BCUT2D eigenvalue weighted by Gasteiger charge is -2.25. The number of benzene rings is 1. The molecule has 1 unspecified atom stereocenters. The van der Waals surface area contributed by atoms with E-state index in [2.05, 4.69) is 10.6 Å². The van der Waals surface area contributed by atoms with Gasteiger partial charge in [-0.05, 0) is 61.7 Å². The molecule has 0 radical (unpaired) electrons. The van der Waals surface area contributed by atoms with E-state index in [0.29, 0.717) is 17.8 Å². The van der Waals surface area contributed by atoms with E-state index in [1.54, 1.807) is 11.0 Å². The van der Waals surface area contributed by atoms with Gasteiger partial charge in [0, 0.05) is 18.2 Å². The molecule has 29 heavy (non-hydrogen) atoms. The summed E-state index contributed by atoms with van der Waals surface area (Å²) < 4.78 is 0. The van der Waals surface area contributed by atoms with Gasteiger partial charge in [-0.15, -0.1) is 11.3 Å². The van der Waals surface area contributed by atoms with Crippen LogP contribution in [0.2, 0.25) is 0 Å². The van der Waals surface area contributed by atoms with Gasteiger partial charge in [0.1, 0.15) is 6.04 Å². The van der Waals surface area contributed by atoms with E-state index in [-0.39, 0.29) is 29.7 Å². The van der Waals surface area contributed by atoms with Gasteiger partial charge >= 0.3 is 0 Å². The summed E-state index contributed by atoms with van der Waals surface area (Å²) in [5, 5.41) is 7.83. The first-order valence-electron chi connectivity index (χ1n) is 10.1. The SMILES string of the molecule is CC(NC(=O)[C@@H]1CCCN1C(=O)c1cccs1)c1ccc(NC(=O)C2CC2)cc1. The molecule has 2 fully saturated rings. The zero-order chi connectivity index (χ0) is 20.4. The largest absolute Gasteiger partial charge is 0.348 e. The van der Waals surface area contributed by atoms with Gasteiger partial charge in [-0.3, -0.25) is 14.4 Å². The van der Waals surface area contributed by atoms with Crippen molar-refractivity contribution in [2.75, 3.05) is 11.9 Å². The van der Waals surface area contributed by atoms with Crippen molar-refractivity contribution in [2.24, 2.45) is 5.92 Å². The molecule has 1 aliphatic heterocycles. The molecule has 1 aromatic carbocycles. The number of nitrogens with zero attached hydrogens (tertiary/aromatic N) is 1. The first-order chi connectivity index (χ1) is 14.0. The van der Waals surface area contributed by atoms with E-state index in [9.17, 15) is 14.4 Å². The van der Waals surface area contributed by atoms with Gasteiger partial charge in [0.2, 0.25) is 11.8 Å². The van der Waals surface area contributed by atoms with Crippen molar-refractivity contribution in [3.63, 3.8) is 0 Å². The fourth-order valence-electron chi connectivity index (χ4n) is 3.66. The van der Waals surface area contributed by atoms with E-state index in [4.69, 9.17) is 0 Å².